The van der Waals surface area contributed by atoms with Crippen LogP contribution < -0.4 is 0 Å². The maximum absolute atomic E-state index is 13.5. The number of hydrogen-bond acceptors (Lipinski definition) is 6. The molecule has 2 unspecified atom stereocenters. The molecule has 33 heavy (non-hydrogen) atoms. The third-order valence-electron chi connectivity index (χ3n) is 6.69. The van der Waals surface area contributed by atoms with Crippen molar-refractivity contribution in [3.05, 3.63) is 59.2 Å². The minimum atomic E-state index is -0.108. The third-order valence-corrected chi connectivity index (χ3v) is 6.69. The van der Waals surface area contributed by atoms with Crippen molar-refractivity contribution in [1.29, 1.82) is 0 Å². The van der Waals surface area contributed by atoms with Crippen LogP contribution in [0.15, 0.2) is 30.9 Å². The number of aromatic nitrogens is 6. The highest BCUT2D eigenvalue weighted by Crippen LogP contribution is 2.34. The second-order valence-corrected chi connectivity index (χ2v) is 9.00. The topological polar surface area (TPSA) is 102 Å². The number of nitrogens with zero attached hydrogens (tertiary/aromatic N) is 8. The molecule has 3 aromatic rings. The second kappa shape index (κ2) is 8.42. The molecule has 172 valence electrons. The van der Waals surface area contributed by atoms with E-state index >= 15 is 0 Å². The third kappa shape index (κ3) is 3.79. The summed E-state index contributed by atoms with van der Waals surface area (Å²) in [4.78, 5) is 30.8. The van der Waals surface area contributed by atoms with Crippen LogP contribution in [0.5, 0.6) is 0 Å². The summed E-state index contributed by atoms with van der Waals surface area (Å²) in [6, 6.07) is 5.23. The molecular weight excluding hydrogens is 420 g/mol. The zero-order valence-electron chi connectivity index (χ0n) is 19.2. The standard InChI is InChI=1S/C23H28N8O2/c1-15-10-16(22(32)30-8-4-6-18(30)20-26-24-13-28(20)2)12-17(11-15)23(33)31-9-5-7-19(31)21-27-25-14-29(21)3/h10-14,18-19H,4-9H2,1-3H3. The average molecular weight is 449 g/mol. The van der Waals surface area contributed by atoms with Crippen LogP contribution in [0.4, 0.5) is 0 Å². The van der Waals surface area contributed by atoms with Crippen LogP contribution in [0.2, 0.25) is 0 Å². The van der Waals surface area contributed by atoms with Gasteiger partial charge < -0.3 is 18.9 Å². The highest BCUT2D eigenvalue weighted by Gasteiger charge is 2.36. The van der Waals surface area contributed by atoms with E-state index in [9.17, 15) is 9.59 Å². The molecule has 0 spiro atoms. The lowest BCUT2D eigenvalue weighted by molar-refractivity contribution is 0.0726. The fourth-order valence-corrected chi connectivity index (χ4v) is 5.11. The Morgan fingerprint density at radius 3 is 1.64 bits per heavy atom. The molecule has 2 fully saturated rings. The van der Waals surface area contributed by atoms with Gasteiger partial charge in [0.05, 0.1) is 12.1 Å². The van der Waals surface area contributed by atoms with Gasteiger partial charge in [-0.2, -0.15) is 0 Å². The molecule has 0 aliphatic carbocycles. The van der Waals surface area contributed by atoms with Crippen LogP contribution in [0, 0.1) is 6.92 Å². The van der Waals surface area contributed by atoms with Crippen LogP contribution in [-0.2, 0) is 14.1 Å². The molecule has 2 atom stereocenters. The van der Waals surface area contributed by atoms with Crippen LogP contribution in [0.1, 0.15) is 75.7 Å². The predicted molar refractivity (Wildman–Crippen MR) is 119 cm³/mol. The molecule has 5 rings (SSSR count). The first kappa shape index (κ1) is 21.3. The lowest BCUT2D eigenvalue weighted by atomic mass is 10.0. The molecular formula is C23H28N8O2. The summed E-state index contributed by atoms with van der Waals surface area (Å²) in [5.74, 6) is 1.41. The minimum Gasteiger partial charge on any atom is -0.328 e. The normalized spacial score (nSPS) is 20.6. The van der Waals surface area contributed by atoms with Gasteiger partial charge in [-0.3, -0.25) is 9.59 Å². The fraction of sp³-hybridized carbons (Fsp3) is 0.478. The first-order valence-corrected chi connectivity index (χ1v) is 11.4. The summed E-state index contributed by atoms with van der Waals surface area (Å²) in [7, 11) is 3.78. The molecule has 10 nitrogen and oxygen atoms in total. The molecule has 1 aromatic carbocycles. The van der Waals surface area contributed by atoms with E-state index in [1.807, 2.05) is 52.1 Å². The summed E-state index contributed by atoms with van der Waals surface area (Å²) >= 11 is 0. The Morgan fingerprint density at radius 1 is 0.788 bits per heavy atom. The zero-order chi connectivity index (χ0) is 23.1. The molecule has 10 heteroatoms. The quantitative estimate of drug-likeness (QED) is 0.606. The maximum atomic E-state index is 13.5. The second-order valence-electron chi connectivity index (χ2n) is 9.00. The van der Waals surface area contributed by atoms with E-state index in [4.69, 9.17) is 0 Å². The van der Waals surface area contributed by atoms with Crippen molar-refractivity contribution in [2.24, 2.45) is 14.1 Å². The van der Waals surface area contributed by atoms with Crippen molar-refractivity contribution in [2.45, 2.75) is 44.7 Å². The van der Waals surface area contributed by atoms with Gasteiger partial charge in [0.25, 0.3) is 11.8 Å². The molecule has 0 N–H and O–H groups in total. The Morgan fingerprint density at radius 2 is 1.24 bits per heavy atom. The largest absolute Gasteiger partial charge is 0.328 e. The fourth-order valence-electron chi connectivity index (χ4n) is 5.11. The molecule has 2 aliphatic rings. The van der Waals surface area contributed by atoms with E-state index in [-0.39, 0.29) is 23.9 Å². The van der Waals surface area contributed by atoms with Crippen molar-refractivity contribution >= 4 is 11.8 Å². The van der Waals surface area contributed by atoms with E-state index in [1.165, 1.54) is 0 Å². The van der Waals surface area contributed by atoms with Crippen molar-refractivity contribution in [1.82, 2.24) is 39.3 Å². The van der Waals surface area contributed by atoms with Gasteiger partial charge in [-0.1, -0.05) is 0 Å². The van der Waals surface area contributed by atoms with Gasteiger partial charge in [-0.05, 0) is 56.4 Å². The van der Waals surface area contributed by atoms with Crippen molar-refractivity contribution in [3.63, 3.8) is 0 Å². The van der Waals surface area contributed by atoms with Gasteiger partial charge in [0.2, 0.25) is 0 Å². The summed E-state index contributed by atoms with van der Waals surface area (Å²) in [6.45, 7) is 3.24. The monoisotopic (exact) mass is 448 g/mol. The molecule has 2 aromatic heterocycles. The van der Waals surface area contributed by atoms with Crippen molar-refractivity contribution in [2.75, 3.05) is 13.1 Å². The highest BCUT2D eigenvalue weighted by molar-refractivity contribution is 6.00. The van der Waals surface area contributed by atoms with Gasteiger partial charge >= 0.3 is 0 Å². The number of amides is 2. The summed E-state index contributed by atoms with van der Waals surface area (Å²) in [6.07, 6.45) is 6.83. The predicted octanol–water partition coefficient (Wildman–Crippen LogP) is 2.21. The zero-order valence-corrected chi connectivity index (χ0v) is 19.2. The number of hydrogen-bond donors (Lipinski definition) is 0. The number of benzene rings is 1. The van der Waals surface area contributed by atoms with E-state index in [0.29, 0.717) is 24.2 Å². The van der Waals surface area contributed by atoms with Gasteiger partial charge in [-0.25, -0.2) is 0 Å². The lowest BCUT2D eigenvalue weighted by Crippen LogP contribution is -2.33. The van der Waals surface area contributed by atoms with Crippen molar-refractivity contribution in [3.8, 4) is 0 Å². The lowest BCUT2D eigenvalue weighted by Gasteiger charge is -2.26. The molecule has 0 saturated carbocycles. The smallest absolute Gasteiger partial charge is 0.254 e. The van der Waals surface area contributed by atoms with Crippen LogP contribution in [-0.4, -0.2) is 64.2 Å². The van der Waals surface area contributed by atoms with E-state index in [0.717, 1.165) is 42.9 Å². The number of carbonyl (C=O) groups excluding carboxylic acids is 2. The first-order chi connectivity index (χ1) is 15.9. The van der Waals surface area contributed by atoms with Crippen LogP contribution >= 0.6 is 0 Å². The summed E-state index contributed by atoms with van der Waals surface area (Å²) in [5, 5.41) is 16.4. The molecule has 0 radical (unpaired) electrons. The van der Waals surface area contributed by atoms with Gasteiger partial charge in [0.1, 0.15) is 12.7 Å². The number of rotatable bonds is 4. The highest BCUT2D eigenvalue weighted by atomic mass is 16.2. The Hall–Kier alpha value is -3.56. The molecule has 4 heterocycles. The summed E-state index contributed by atoms with van der Waals surface area (Å²) < 4.78 is 3.73. The van der Waals surface area contributed by atoms with Crippen molar-refractivity contribution < 1.29 is 9.59 Å². The van der Waals surface area contributed by atoms with E-state index < -0.39 is 0 Å². The van der Waals surface area contributed by atoms with Gasteiger partial charge in [-0.15, -0.1) is 20.4 Å². The molecule has 0 bridgehead atoms. The Labute approximate surface area is 192 Å². The Bertz CT molecular complexity index is 1110. The van der Waals surface area contributed by atoms with Gasteiger partial charge in [0, 0.05) is 38.3 Å². The summed E-state index contributed by atoms with van der Waals surface area (Å²) in [5.41, 5.74) is 1.94. The van der Waals surface area contributed by atoms with Crippen LogP contribution in [0.3, 0.4) is 0 Å². The first-order valence-electron chi connectivity index (χ1n) is 11.4. The van der Waals surface area contributed by atoms with Crippen LogP contribution in [0.25, 0.3) is 0 Å². The minimum absolute atomic E-state index is 0.0791. The Balaban J connectivity index is 1.42. The molecule has 2 aliphatic heterocycles. The van der Waals surface area contributed by atoms with E-state index in [1.54, 1.807) is 18.7 Å². The Kier molecular flexibility index (Phi) is 5.43. The molecule has 2 saturated heterocycles. The molecule has 2 amide bonds. The number of carbonyl (C=O) groups is 2. The average Bonchev–Trinajstić information content (AvgIpc) is 3.59. The number of likely N-dealkylation sites (tertiary alicyclic amines) is 2. The maximum Gasteiger partial charge on any atom is 0.254 e. The van der Waals surface area contributed by atoms with E-state index in [2.05, 4.69) is 20.4 Å². The van der Waals surface area contributed by atoms with Gasteiger partial charge in [0.15, 0.2) is 11.6 Å². The number of aryl methyl sites for hydroxylation is 3. The SMILES string of the molecule is Cc1cc(C(=O)N2CCCC2c2nncn2C)cc(C(=O)N2CCCC2c2nncn2C)c1.